The van der Waals surface area contributed by atoms with Gasteiger partial charge < -0.3 is 0 Å². The Morgan fingerprint density at radius 1 is 0.800 bits per heavy atom. The van der Waals surface area contributed by atoms with E-state index < -0.39 is 8.17 Å². The van der Waals surface area contributed by atoms with E-state index in [-0.39, 0.29) is 0 Å². The van der Waals surface area contributed by atoms with E-state index in [4.69, 9.17) is 19.6 Å². The van der Waals surface area contributed by atoms with Crippen LogP contribution in [0.25, 0.3) is 0 Å². The maximum absolute atomic E-state index is 7.30. The molecule has 0 aromatic carbocycles. The van der Waals surface area contributed by atoms with Gasteiger partial charge in [0, 0.05) is 0 Å². The van der Waals surface area contributed by atoms with Crippen LogP contribution in [-0.2, 0) is 0 Å². The van der Waals surface area contributed by atoms with E-state index >= 15 is 0 Å². The van der Waals surface area contributed by atoms with Crippen molar-refractivity contribution in [1.82, 2.24) is 0 Å². The van der Waals surface area contributed by atoms with Gasteiger partial charge in [-0.15, -0.1) is 0 Å². The van der Waals surface area contributed by atoms with E-state index in [1.54, 1.807) is 0 Å². The van der Waals surface area contributed by atoms with Crippen molar-refractivity contribution in [2.45, 2.75) is 0 Å². The highest BCUT2D eigenvalue weighted by atomic mass is 31.2. The first-order chi connectivity index (χ1) is 2.00. The number of hydrogen-bond donors (Lipinski definition) is 4. The Balaban J connectivity index is 3.02. The van der Waals surface area contributed by atoms with Crippen molar-refractivity contribution in [3.05, 3.63) is 0 Å². The van der Waals surface area contributed by atoms with Gasteiger partial charge in [0.2, 0.25) is 0 Å². The van der Waals surface area contributed by atoms with Gasteiger partial charge in [0.05, 0.1) is 0 Å². The average Bonchev–Trinajstić information content (AvgIpc) is 0.722. The molecule has 5 heteroatoms. The molecule has 0 aromatic rings. The highest BCUT2D eigenvalue weighted by molar-refractivity contribution is 7.52. The van der Waals surface area contributed by atoms with Crippen LogP contribution >= 0.6 is 8.17 Å². The minimum absolute atomic E-state index is 4.39. The van der Waals surface area contributed by atoms with Crippen LogP contribution in [0.2, 0.25) is 0 Å². The third-order valence-electron chi connectivity index (χ3n) is 0. The van der Waals surface area contributed by atoms with E-state index in [0.29, 0.717) is 0 Å². The minimum Gasteiger partial charge on any atom is -0.168 e. The second-order valence-electron chi connectivity index (χ2n) is 0.537. The van der Waals surface area contributed by atoms with Crippen LogP contribution in [-0.4, -0.2) is 19.6 Å². The largest absolute Gasteiger partial charge is 0.564 e. The Bertz CT molecular complexity index is 19.1. The summed E-state index contributed by atoms with van der Waals surface area (Å²) in [6, 6.07) is 0. The molecule has 32 valence electrons. The van der Waals surface area contributed by atoms with E-state index in [1.807, 2.05) is 0 Å². The van der Waals surface area contributed by atoms with E-state index in [2.05, 4.69) is 0 Å². The van der Waals surface area contributed by atoms with Gasteiger partial charge in [-0.05, 0) is 0 Å². The summed E-state index contributed by atoms with van der Waals surface area (Å²) in [5.74, 6) is 0. The van der Waals surface area contributed by atoms with Crippen molar-refractivity contribution in [1.29, 1.82) is 0 Å². The zero-order valence-corrected chi connectivity index (χ0v) is 3.13. The molecule has 0 heterocycles. The summed E-state index contributed by atoms with van der Waals surface area (Å²) < 4.78 is 0. The topological polar surface area (TPSA) is 80.9 Å². The Morgan fingerprint density at radius 3 is 0.800 bits per heavy atom. The first-order valence-electron chi connectivity index (χ1n) is 0.800. The molecular formula is H4O4P+. The molecule has 0 bridgehead atoms. The van der Waals surface area contributed by atoms with Crippen molar-refractivity contribution < 1.29 is 19.6 Å². The van der Waals surface area contributed by atoms with Crippen LogP contribution in [0.1, 0.15) is 0 Å². The zero-order chi connectivity index (χ0) is 4.50. The van der Waals surface area contributed by atoms with E-state index in [0.717, 1.165) is 0 Å². The average molecular weight is 99.0 g/mol. The van der Waals surface area contributed by atoms with Gasteiger partial charge >= 0.3 is 8.17 Å². The van der Waals surface area contributed by atoms with E-state index in [9.17, 15) is 0 Å². The molecular weight excluding hydrogens is 95.0 g/mol. The molecule has 0 radical (unpaired) electrons. The molecule has 0 spiro atoms. The summed E-state index contributed by atoms with van der Waals surface area (Å²) >= 11 is 0. The van der Waals surface area contributed by atoms with Crippen molar-refractivity contribution in [3.63, 3.8) is 0 Å². The fourth-order valence-electron chi connectivity index (χ4n) is 0. The Hall–Kier alpha value is 0.270. The van der Waals surface area contributed by atoms with Crippen LogP contribution in [0.15, 0.2) is 0 Å². The van der Waals surface area contributed by atoms with Gasteiger partial charge in [-0.2, -0.15) is 19.6 Å². The molecule has 0 rings (SSSR count). The monoisotopic (exact) mass is 99.0 g/mol. The van der Waals surface area contributed by atoms with Crippen molar-refractivity contribution >= 4 is 8.17 Å². The van der Waals surface area contributed by atoms with Crippen LogP contribution in [0.3, 0.4) is 0 Å². The standard InChI is InChI=1S/H4O4P/c1-5(2,3)4/h1-4H/q+1. The third kappa shape index (κ3) is 302. The maximum Gasteiger partial charge on any atom is 0.564 e. The quantitative estimate of drug-likeness (QED) is 0.282. The molecule has 5 heavy (non-hydrogen) atoms. The Morgan fingerprint density at radius 2 is 0.800 bits per heavy atom. The van der Waals surface area contributed by atoms with Gasteiger partial charge in [0.15, 0.2) is 0 Å². The predicted octanol–water partition coefficient (Wildman–Crippen LogP) is -1.37. The zero-order valence-electron chi connectivity index (χ0n) is 2.24. The number of hydrogen-bond acceptors (Lipinski definition) is 4. The van der Waals surface area contributed by atoms with Gasteiger partial charge in [0.1, 0.15) is 0 Å². The fourth-order valence-corrected chi connectivity index (χ4v) is 0. The SMILES string of the molecule is O[P+](O)(O)O. The molecule has 0 amide bonds. The molecule has 0 atom stereocenters. The lowest BCUT2D eigenvalue weighted by molar-refractivity contribution is 0.229. The second-order valence-corrected chi connectivity index (χ2v) is 1.61. The summed E-state index contributed by atoms with van der Waals surface area (Å²) in [5.41, 5.74) is 0. The third-order valence-corrected chi connectivity index (χ3v) is 0. The summed E-state index contributed by atoms with van der Waals surface area (Å²) in [6.07, 6.45) is 0. The number of rotatable bonds is 0. The minimum atomic E-state index is -4.39. The lowest BCUT2D eigenvalue weighted by atomic mass is 15.7. The lowest BCUT2D eigenvalue weighted by Gasteiger charge is -1.83. The normalized spacial score (nSPS) is 12.0. The molecule has 0 unspecified atom stereocenters. The Kier molecular flexibility index (Phi) is 1.22. The summed E-state index contributed by atoms with van der Waals surface area (Å²) in [7, 11) is -4.39. The second kappa shape index (κ2) is 1.16. The van der Waals surface area contributed by atoms with Crippen LogP contribution < -0.4 is 0 Å². The molecule has 0 aliphatic heterocycles. The molecule has 0 aliphatic carbocycles. The Labute approximate surface area is 29.0 Å². The van der Waals surface area contributed by atoms with Crippen molar-refractivity contribution in [2.24, 2.45) is 0 Å². The molecule has 0 fully saturated rings. The highest BCUT2D eigenvalue weighted by Crippen LogP contribution is 2.37. The van der Waals surface area contributed by atoms with Gasteiger partial charge in [-0.3, -0.25) is 0 Å². The van der Waals surface area contributed by atoms with Gasteiger partial charge in [0.25, 0.3) is 0 Å². The molecule has 0 aromatic heterocycles. The van der Waals surface area contributed by atoms with Crippen LogP contribution in [0.5, 0.6) is 0 Å². The molecule has 4 nitrogen and oxygen atoms in total. The maximum atomic E-state index is 7.30. The first-order valence-corrected chi connectivity index (χ1v) is 2.40. The predicted molar refractivity (Wildman–Crippen MR) is 15.8 cm³/mol. The van der Waals surface area contributed by atoms with Crippen LogP contribution in [0.4, 0.5) is 0 Å². The molecule has 0 saturated heterocycles. The van der Waals surface area contributed by atoms with E-state index in [1.165, 1.54) is 0 Å². The smallest absolute Gasteiger partial charge is 0.168 e. The van der Waals surface area contributed by atoms with Crippen LogP contribution in [0, 0.1) is 0 Å². The lowest BCUT2D eigenvalue weighted by Crippen LogP contribution is -1.79. The fraction of sp³-hybridized carbons (Fsp3) is 0. The summed E-state index contributed by atoms with van der Waals surface area (Å²) in [5, 5.41) is 0. The molecule has 0 saturated carbocycles. The van der Waals surface area contributed by atoms with Crippen molar-refractivity contribution in [3.8, 4) is 0 Å². The van der Waals surface area contributed by atoms with Gasteiger partial charge in [-0.1, -0.05) is 0 Å². The molecule has 4 N–H and O–H groups in total. The van der Waals surface area contributed by atoms with Gasteiger partial charge in [-0.25, -0.2) is 0 Å². The summed E-state index contributed by atoms with van der Waals surface area (Å²) in [6.45, 7) is 0. The van der Waals surface area contributed by atoms with Crippen molar-refractivity contribution in [2.75, 3.05) is 0 Å². The first kappa shape index (κ1) is 5.27. The summed E-state index contributed by atoms with van der Waals surface area (Å²) in [4.78, 5) is 29.2. The highest BCUT2D eigenvalue weighted by Gasteiger charge is 2.23. The molecule has 0 aliphatic rings.